The van der Waals surface area contributed by atoms with Crippen molar-refractivity contribution in [2.75, 3.05) is 6.61 Å². The Kier molecular flexibility index (Phi) is 5.91. The van der Waals surface area contributed by atoms with Crippen molar-refractivity contribution in [3.05, 3.63) is 65.4 Å². The maximum atomic E-state index is 12.3. The number of benzene rings is 2. The van der Waals surface area contributed by atoms with Crippen LogP contribution in [-0.2, 0) is 6.54 Å². The third kappa shape index (κ3) is 4.03. The summed E-state index contributed by atoms with van der Waals surface area (Å²) in [6, 6.07) is 15.3. The molecule has 0 fully saturated rings. The predicted octanol–water partition coefficient (Wildman–Crippen LogP) is 4.52. The van der Waals surface area contributed by atoms with Gasteiger partial charge in [0.1, 0.15) is 5.75 Å². The molecule has 5 heteroatoms. The van der Waals surface area contributed by atoms with Crippen LogP contribution in [0.5, 0.6) is 5.75 Å². The van der Waals surface area contributed by atoms with Crippen LogP contribution in [0.25, 0.3) is 10.9 Å². The fourth-order valence-electron chi connectivity index (χ4n) is 3.17. The van der Waals surface area contributed by atoms with Crippen LogP contribution in [0.3, 0.4) is 0 Å². The number of nitrogens with one attached hydrogen (secondary N) is 1. The fraction of sp³-hybridized carbons (Fsp3) is 0.273. The Labute approximate surface area is 159 Å². The summed E-state index contributed by atoms with van der Waals surface area (Å²) in [5, 5.41) is 5.31. The number of amides is 1. The predicted molar refractivity (Wildman–Crippen MR) is 110 cm³/mol. The van der Waals surface area contributed by atoms with Gasteiger partial charge in [-0.05, 0) is 50.6 Å². The van der Waals surface area contributed by atoms with E-state index in [-0.39, 0.29) is 5.91 Å². The van der Waals surface area contributed by atoms with Gasteiger partial charge in [-0.25, -0.2) is 5.43 Å². The monoisotopic (exact) mass is 363 g/mol. The molecule has 1 amide bonds. The van der Waals surface area contributed by atoms with Gasteiger partial charge in [0.15, 0.2) is 0 Å². The summed E-state index contributed by atoms with van der Waals surface area (Å²) in [7, 11) is 0. The second-order valence-electron chi connectivity index (χ2n) is 6.33. The van der Waals surface area contributed by atoms with Gasteiger partial charge in [-0.2, -0.15) is 5.10 Å². The van der Waals surface area contributed by atoms with Crippen molar-refractivity contribution in [2.45, 2.75) is 33.7 Å². The summed E-state index contributed by atoms with van der Waals surface area (Å²) in [6.45, 7) is 7.80. The van der Waals surface area contributed by atoms with Crippen LogP contribution >= 0.6 is 0 Å². The highest BCUT2D eigenvalue weighted by molar-refractivity contribution is 6.02. The molecule has 1 N–H and O–H groups in total. The maximum Gasteiger partial charge on any atom is 0.271 e. The molecule has 0 aliphatic heterocycles. The molecule has 0 aliphatic rings. The number of hydrogen-bond donors (Lipinski definition) is 1. The molecule has 1 heterocycles. The molecule has 0 aliphatic carbocycles. The Bertz CT molecular complexity index is 956. The van der Waals surface area contributed by atoms with Crippen molar-refractivity contribution >= 4 is 23.0 Å². The van der Waals surface area contributed by atoms with Gasteiger partial charge in [0.2, 0.25) is 0 Å². The summed E-state index contributed by atoms with van der Waals surface area (Å²) in [5.74, 6) is 0.519. The van der Waals surface area contributed by atoms with E-state index in [9.17, 15) is 4.79 Å². The van der Waals surface area contributed by atoms with Crippen molar-refractivity contribution in [3.63, 3.8) is 0 Å². The van der Waals surface area contributed by atoms with Crippen molar-refractivity contribution in [1.29, 1.82) is 0 Å². The SMILES string of the molecule is CCCOc1ccc(C(=O)N/N=C\c2c(C)n(CC)c3ccccc23)cc1. The van der Waals surface area contributed by atoms with E-state index in [1.54, 1.807) is 30.5 Å². The number of hydrazone groups is 1. The number of ether oxygens (including phenoxy) is 1. The van der Waals surface area contributed by atoms with Gasteiger partial charge in [0, 0.05) is 34.3 Å². The molecule has 2 aromatic carbocycles. The molecule has 5 nitrogen and oxygen atoms in total. The molecule has 0 atom stereocenters. The molecule has 3 aromatic rings. The van der Waals surface area contributed by atoms with Crippen LogP contribution in [0.15, 0.2) is 53.6 Å². The third-order valence-electron chi connectivity index (χ3n) is 4.55. The van der Waals surface area contributed by atoms with Crippen LogP contribution in [0, 0.1) is 6.92 Å². The fourth-order valence-corrected chi connectivity index (χ4v) is 3.17. The second kappa shape index (κ2) is 8.54. The van der Waals surface area contributed by atoms with E-state index in [4.69, 9.17) is 4.74 Å². The summed E-state index contributed by atoms with van der Waals surface area (Å²) < 4.78 is 7.78. The molecular formula is C22H25N3O2. The zero-order chi connectivity index (χ0) is 19.2. The third-order valence-corrected chi connectivity index (χ3v) is 4.55. The van der Waals surface area contributed by atoms with Gasteiger partial charge < -0.3 is 9.30 Å². The van der Waals surface area contributed by atoms with Crippen LogP contribution < -0.4 is 10.2 Å². The van der Waals surface area contributed by atoms with Crippen LogP contribution in [0.4, 0.5) is 0 Å². The first-order valence-corrected chi connectivity index (χ1v) is 9.29. The Hall–Kier alpha value is -3.08. The molecule has 1 aromatic heterocycles. The highest BCUT2D eigenvalue weighted by atomic mass is 16.5. The van der Waals surface area contributed by atoms with Crippen molar-refractivity contribution in [1.82, 2.24) is 9.99 Å². The standard InChI is InChI=1S/C22H25N3O2/c1-4-14-27-18-12-10-17(11-13-18)22(26)24-23-15-20-16(3)25(5-2)21-9-7-6-8-19(20)21/h6-13,15H,4-5,14H2,1-3H3,(H,24,26)/b23-15-. The lowest BCUT2D eigenvalue weighted by molar-refractivity contribution is 0.0955. The average molecular weight is 363 g/mol. The lowest BCUT2D eigenvalue weighted by Crippen LogP contribution is -2.17. The first kappa shape index (κ1) is 18.7. The van der Waals surface area contributed by atoms with Gasteiger partial charge in [-0.1, -0.05) is 25.1 Å². The summed E-state index contributed by atoms with van der Waals surface area (Å²) in [5.41, 5.74) is 6.49. The van der Waals surface area contributed by atoms with Crippen molar-refractivity contribution in [3.8, 4) is 5.75 Å². The van der Waals surface area contributed by atoms with Gasteiger partial charge in [0.25, 0.3) is 5.91 Å². The second-order valence-corrected chi connectivity index (χ2v) is 6.33. The lowest BCUT2D eigenvalue weighted by atomic mass is 10.1. The zero-order valence-corrected chi connectivity index (χ0v) is 16.0. The van der Waals surface area contributed by atoms with E-state index in [1.165, 1.54) is 5.52 Å². The van der Waals surface area contributed by atoms with Gasteiger partial charge in [-0.15, -0.1) is 0 Å². The zero-order valence-electron chi connectivity index (χ0n) is 16.0. The first-order valence-electron chi connectivity index (χ1n) is 9.29. The van der Waals surface area contributed by atoms with E-state index >= 15 is 0 Å². The maximum absolute atomic E-state index is 12.3. The average Bonchev–Trinajstić information content (AvgIpc) is 2.97. The molecule has 0 bridgehead atoms. The highest BCUT2D eigenvalue weighted by Crippen LogP contribution is 2.24. The van der Waals surface area contributed by atoms with Crippen molar-refractivity contribution in [2.24, 2.45) is 5.10 Å². The van der Waals surface area contributed by atoms with E-state index in [1.807, 2.05) is 12.1 Å². The molecule has 0 radical (unpaired) electrons. The van der Waals surface area contributed by atoms with Crippen LogP contribution in [0.1, 0.15) is 41.9 Å². The molecule has 0 unspecified atom stereocenters. The number of hydrogen-bond acceptors (Lipinski definition) is 3. The number of aromatic nitrogens is 1. The number of rotatable bonds is 7. The number of carbonyl (C=O) groups excluding carboxylic acids is 1. The van der Waals surface area contributed by atoms with E-state index in [0.717, 1.165) is 35.4 Å². The minimum Gasteiger partial charge on any atom is -0.494 e. The number of nitrogens with zero attached hydrogens (tertiary/aromatic N) is 2. The largest absolute Gasteiger partial charge is 0.494 e. The molecule has 0 saturated heterocycles. The Morgan fingerprint density at radius 1 is 1.15 bits per heavy atom. The van der Waals surface area contributed by atoms with E-state index in [2.05, 4.69) is 48.0 Å². The molecule has 140 valence electrons. The summed E-state index contributed by atoms with van der Waals surface area (Å²) in [6.07, 6.45) is 2.67. The van der Waals surface area contributed by atoms with E-state index in [0.29, 0.717) is 12.2 Å². The minimum absolute atomic E-state index is 0.245. The van der Waals surface area contributed by atoms with E-state index < -0.39 is 0 Å². The highest BCUT2D eigenvalue weighted by Gasteiger charge is 2.11. The molecule has 3 rings (SSSR count). The smallest absolute Gasteiger partial charge is 0.271 e. The first-order chi connectivity index (χ1) is 13.2. The molecular weight excluding hydrogens is 338 g/mol. The summed E-state index contributed by atoms with van der Waals surface area (Å²) in [4.78, 5) is 12.3. The van der Waals surface area contributed by atoms with Crippen molar-refractivity contribution < 1.29 is 9.53 Å². The quantitative estimate of drug-likeness (QED) is 0.495. The molecule has 27 heavy (non-hydrogen) atoms. The molecule has 0 spiro atoms. The Morgan fingerprint density at radius 2 is 1.89 bits per heavy atom. The number of fused-ring (bicyclic) bond motifs is 1. The van der Waals surface area contributed by atoms with Crippen LogP contribution in [0.2, 0.25) is 0 Å². The number of para-hydroxylation sites is 1. The van der Waals surface area contributed by atoms with Gasteiger partial charge in [0.05, 0.1) is 12.8 Å². The number of carbonyl (C=O) groups is 1. The Morgan fingerprint density at radius 3 is 2.59 bits per heavy atom. The van der Waals surface area contributed by atoms with Crippen LogP contribution in [-0.4, -0.2) is 23.3 Å². The normalized spacial score (nSPS) is 11.2. The lowest BCUT2D eigenvalue weighted by Gasteiger charge is -2.05. The topological polar surface area (TPSA) is 55.6 Å². The van der Waals surface area contributed by atoms with Gasteiger partial charge in [-0.3, -0.25) is 4.79 Å². The molecule has 0 saturated carbocycles. The summed E-state index contributed by atoms with van der Waals surface area (Å²) >= 11 is 0. The minimum atomic E-state index is -0.245. The number of aryl methyl sites for hydroxylation is 1. The van der Waals surface area contributed by atoms with Gasteiger partial charge >= 0.3 is 0 Å². The Balaban J connectivity index is 1.73.